The van der Waals surface area contributed by atoms with Crippen LogP contribution in [0.15, 0.2) is 29.4 Å². The number of amides is 1. The highest BCUT2D eigenvalue weighted by Crippen LogP contribution is 2.10. The molecule has 0 heterocycles. The van der Waals surface area contributed by atoms with Crippen molar-refractivity contribution in [2.75, 3.05) is 20.3 Å². The molecule has 6 nitrogen and oxygen atoms in total. The van der Waals surface area contributed by atoms with Gasteiger partial charge in [-0.2, -0.15) is 0 Å². The maximum Gasteiger partial charge on any atom is 0.254 e. The van der Waals surface area contributed by atoms with Gasteiger partial charge in [-0.1, -0.05) is 17.3 Å². The van der Waals surface area contributed by atoms with Crippen LogP contribution in [-0.4, -0.2) is 48.2 Å². The molecular formula is C14H21N3O3. The van der Waals surface area contributed by atoms with Crippen molar-refractivity contribution in [2.24, 2.45) is 10.9 Å². The normalized spacial score (nSPS) is 13.1. The molecule has 110 valence electrons. The van der Waals surface area contributed by atoms with Crippen molar-refractivity contribution in [1.82, 2.24) is 4.90 Å². The largest absolute Gasteiger partial charge is 0.409 e. The number of benzene rings is 1. The van der Waals surface area contributed by atoms with E-state index in [1.807, 2.05) is 13.8 Å². The summed E-state index contributed by atoms with van der Waals surface area (Å²) in [5.74, 6) is -0.0489. The molecule has 1 rings (SSSR count). The lowest BCUT2D eigenvalue weighted by molar-refractivity contribution is 0.0579. The fourth-order valence-corrected chi connectivity index (χ4v) is 1.99. The van der Waals surface area contributed by atoms with E-state index < -0.39 is 0 Å². The number of nitrogens with zero attached hydrogens (tertiary/aromatic N) is 2. The average Bonchev–Trinajstić information content (AvgIpc) is 2.47. The van der Waals surface area contributed by atoms with Crippen LogP contribution < -0.4 is 5.73 Å². The second-order valence-electron chi connectivity index (χ2n) is 4.46. The molecule has 1 amide bonds. The number of carbonyl (C=O) groups is 1. The highest BCUT2D eigenvalue weighted by Gasteiger charge is 2.19. The summed E-state index contributed by atoms with van der Waals surface area (Å²) in [5.41, 5.74) is 6.61. The number of oxime groups is 1. The summed E-state index contributed by atoms with van der Waals surface area (Å²) in [6.45, 7) is 4.96. The SMILES string of the molecule is CCN(C(=O)c1ccc(C(N)=NO)cc1)C(C)COC. The Hall–Kier alpha value is -2.08. The molecule has 20 heavy (non-hydrogen) atoms. The molecule has 0 saturated heterocycles. The van der Waals surface area contributed by atoms with Gasteiger partial charge in [0, 0.05) is 24.8 Å². The van der Waals surface area contributed by atoms with Crippen LogP contribution in [0.25, 0.3) is 0 Å². The van der Waals surface area contributed by atoms with Gasteiger partial charge in [0.1, 0.15) is 0 Å². The van der Waals surface area contributed by atoms with Crippen LogP contribution in [0.4, 0.5) is 0 Å². The molecule has 0 aromatic heterocycles. The van der Waals surface area contributed by atoms with Crippen LogP contribution in [0.1, 0.15) is 29.8 Å². The summed E-state index contributed by atoms with van der Waals surface area (Å²) in [5, 5.41) is 11.5. The van der Waals surface area contributed by atoms with Crippen LogP contribution >= 0.6 is 0 Å². The van der Waals surface area contributed by atoms with Gasteiger partial charge in [-0.25, -0.2) is 0 Å². The Kier molecular flexibility index (Phi) is 5.99. The zero-order chi connectivity index (χ0) is 15.1. The molecule has 1 atom stereocenters. The first-order valence-corrected chi connectivity index (χ1v) is 6.43. The van der Waals surface area contributed by atoms with E-state index in [9.17, 15) is 4.79 Å². The Balaban J connectivity index is 2.90. The molecule has 0 bridgehead atoms. The first-order chi connectivity index (χ1) is 9.54. The maximum absolute atomic E-state index is 12.4. The monoisotopic (exact) mass is 279 g/mol. The third-order valence-electron chi connectivity index (χ3n) is 3.08. The predicted molar refractivity (Wildman–Crippen MR) is 77.0 cm³/mol. The van der Waals surface area contributed by atoms with E-state index in [-0.39, 0.29) is 17.8 Å². The van der Waals surface area contributed by atoms with Gasteiger partial charge < -0.3 is 20.6 Å². The van der Waals surface area contributed by atoms with Gasteiger partial charge in [-0.05, 0) is 26.0 Å². The molecule has 0 saturated carbocycles. The quantitative estimate of drug-likeness (QED) is 0.355. The van der Waals surface area contributed by atoms with Crippen LogP contribution in [0.3, 0.4) is 0 Å². The molecule has 0 fully saturated rings. The Morgan fingerprint density at radius 1 is 1.40 bits per heavy atom. The molecule has 0 aliphatic heterocycles. The van der Waals surface area contributed by atoms with E-state index in [4.69, 9.17) is 15.7 Å². The minimum atomic E-state index is -0.0666. The highest BCUT2D eigenvalue weighted by molar-refractivity contribution is 5.99. The van der Waals surface area contributed by atoms with Crippen LogP contribution in [0.5, 0.6) is 0 Å². The number of hydrogen-bond donors (Lipinski definition) is 2. The van der Waals surface area contributed by atoms with Gasteiger partial charge in [0.25, 0.3) is 5.91 Å². The summed E-state index contributed by atoms with van der Waals surface area (Å²) in [7, 11) is 1.61. The maximum atomic E-state index is 12.4. The number of methoxy groups -OCH3 is 1. The number of ether oxygens (including phenoxy) is 1. The fourth-order valence-electron chi connectivity index (χ4n) is 1.99. The Bertz CT molecular complexity index is 471. The molecule has 0 spiro atoms. The van der Waals surface area contributed by atoms with Gasteiger partial charge in [0.2, 0.25) is 0 Å². The number of nitrogens with two attached hydrogens (primary N) is 1. The standard InChI is InChI=1S/C14H21N3O3/c1-4-17(10(2)9-20-3)14(18)12-7-5-11(6-8-12)13(15)16-19/h5-8,10,19H,4,9H2,1-3H3,(H2,15,16). The van der Waals surface area contributed by atoms with Crippen molar-refractivity contribution in [3.05, 3.63) is 35.4 Å². The second kappa shape index (κ2) is 7.49. The molecular weight excluding hydrogens is 258 g/mol. The topological polar surface area (TPSA) is 88.2 Å². The van der Waals surface area contributed by atoms with Crippen molar-refractivity contribution in [3.8, 4) is 0 Å². The van der Waals surface area contributed by atoms with Crippen molar-refractivity contribution < 1.29 is 14.7 Å². The molecule has 0 aliphatic rings. The molecule has 1 unspecified atom stereocenters. The number of likely N-dealkylation sites (N-methyl/N-ethyl adjacent to an activating group) is 1. The van der Waals surface area contributed by atoms with Crippen molar-refractivity contribution in [2.45, 2.75) is 19.9 Å². The zero-order valence-electron chi connectivity index (χ0n) is 12.0. The number of amidine groups is 1. The van der Waals surface area contributed by atoms with E-state index in [1.165, 1.54) is 0 Å². The molecule has 3 N–H and O–H groups in total. The van der Waals surface area contributed by atoms with E-state index in [0.29, 0.717) is 24.3 Å². The van der Waals surface area contributed by atoms with Crippen LogP contribution in [0, 0.1) is 0 Å². The molecule has 1 aromatic rings. The minimum Gasteiger partial charge on any atom is -0.409 e. The van der Waals surface area contributed by atoms with Crippen LogP contribution in [0.2, 0.25) is 0 Å². The summed E-state index contributed by atoms with van der Waals surface area (Å²) >= 11 is 0. The summed E-state index contributed by atoms with van der Waals surface area (Å²) < 4.78 is 5.08. The molecule has 0 aliphatic carbocycles. The predicted octanol–water partition coefficient (Wildman–Crippen LogP) is 1.28. The van der Waals surface area contributed by atoms with E-state index in [0.717, 1.165) is 0 Å². The first kappa shape index (κ1) is 16.0. The number of rotatable bonds is 6. The second-order valence-corrected chi connectivity index (χ2v) is 4.46. The van der Waals surface area contributed by atoms with E-state index >= 15 is 0 Å². The van der Waals surface area contributed by atoms with E-state index in [1.54, 1.807) is 36.3 Å². The van der Waals surface area contributed by atoms with E-state index in [2.05, 4.69) is 5.16 Å². The molecule has 1 aromatic carbocycles. The molecule has 0 radical (unpaired) electrons. The lowest BCUT2D eigenvalue weighted by atomic mass is 10.1. The van der Waals surface area contributed by atoms with Crippen LogP contribution in [-0.2, 0) is 4.74 Å². The lowest BCUT2D eigenvalue weighted by Gasteiger charge is -2.27. The zero-order valence-corrected chi connectivity index (χ0v) is 12.0. The third-order valence-corrected chi connectivity index (χ3v) is 3.08. The Labute approximate surface area is 118 Å². The summed E-state index contributed by atoms with van der Waals surface area (Å²) in [6.07, 6.45) is 0. The average molecular weight is 279 g/mol. The Morgan fingerprint density at radius 2 is 1.95 bits per heavy atom. The Morgan fingerprint density at radius 3 is 2.40 bits per heavy atom. The van der Waals surface area contributed by atoms with Gasteiger partial charge in [0.15, 0.2) is 5.84 Å². The van der Waals surface area contributed by atoms with Gasteiger partial charge in [0.05, 0.1) is 12.6 Å². The summed E-state index contributed by atoms with van der Waals surface area (Å²) in [4.78, 5) is 14.1. The smallest absolute Gasteiger partial charge is 0.254 e. The van der Waals surface area contributed by atoms with Crippen molar-refractivity contribution in [3.63, 3.8) is 0 Å². The highest BCUT2D eigenvalue weighted by atomic mass is 16.5. The van der Waals surface area contributed by atoms with Gasteiger partial charge in [-0.15, -0.1) is 0 Å². The lowest BCUT2D eigenvalue weighted by Crippen LogP contribution is -2.40. The van der Waals surface area contributed by atoms with Gasteiger partial charge >= 0.3 is 0 Å². The number of carbonyl (C=O) groups excluding carboxylic acids is 1. The molecule has 6 heteroatoms. The minimum absolute atomic E-state index is 0.00116. The number of hydrogen-bond acceptors (Lipinski definition) is 4. The van der Waals surface area contributed by atoms with Crippen molar-refractivity contribution in [1.29, 1.82) is 0 Å². The van der Waals surface area contributed by atoms with Gasteiger partial charge in [-0.3, -0.25) is 4.79 Å². The third kappa shape index (κ3) is 3.71. The fraction of sp³-hybridized carbons (Fsp3) is 0.429. The summed E-state index contributed by atoms with van der Waals surface area (Å²) in [6, 6.07) is 6.63. The van der Waals surface area contributed by atoms with Crippen molar-refractivity contribution >= 4 is 11.7 Å². The first-order valence-electron chi connectivity index (χ1n) is 6.43.